The molecule has 0 unspecified atom stereocenters. The molecule has 2 aliphatic rings. The number of nitrogens with one attached hydrogen (secondary N) is 1. The van der Waals surface area contributed by atoms with Crippen molar-refractivity contribution in [2.45, 2.75) is 57.3 Å². The summed E-state index contributed by atoms with van der Waals surface area (Å²) < 4.78 is 13.6. The highest BCUT2D eigenvalue weighted by atomic mass is 28.4. The summed E-state index contributed by atoms with van der Waals surface area (Å²) in [6, 6.07) is 22.3. The van der Waals surface area contributed by atoms with Crippen LogP contribution in [-0.4, -0.2) is 63.8 Å². The van der Waals surface area contributed by atoms with Crippen LogP contribution in [0.3, 0.4) is 0 Å². The minimum absolute atomic E-state index is 0.0272. The van der Waals surface area contributed by atoms with E-state index < -0.39 is 8.32 Å². The highest BCUT2D eigenvalue weighted by Crippen LogP contribution is 2.41. The summed E-state index contributed by atoms with van der Waals surface area (Å²) in [4.78, 5) is 2.62. The molecule has 2 saturated heterocycles. The molecule has 4 nitrogen and oxygen atoms in total. The number of hydrogen-bond acceptors (Lipinski definition) is 4. The maximum Gasteiger partial charge on any atom is 0.261 e. The number of benzene rings is 2. The van der Waals surface area contributed by atoms with E-state index in [1.807, 2.05) is 0 Å². The Balaban J connectivity index is 1.81. The number of hydrogen-bond donors (Lipinski definition) is 1. The number of nitrogens with zero attached hydrogens (tertiary/aromatic N) is 1. The molecule has 0 aromatic heterocycles. The largest absolute Gasteiger partial charge is 0.400 e. The molecule has 2 fully saturated rings. The molecule has 2 aromatic carbocycles. The summed E-state index contributed by atoms with van der Waals surface area (Å²) in [7, 11) is -2.61. The van der Waals surface area contributed by atoms with Gasteiger partial charge in [0.2, 0.25) is 0 Å². The zero-order chi connectivity index (χ0) is 22.1. The Labute approximate surface area is 189 Å². The zero-order valence-electron chi connectivity index (χ0n) is 19.7. The van der Waals surface area contributed by atoms with Gasteiger partial charge >= 0.3 is 0 Å². The molecule has 2 aliphatic heterocycles. The Morgan fingerprint density at radius 1 is 1.03 bits per heavy atom. The minimum Gasteiger partial charge on any atom is -0.400 e. The zero-order valence-corrected chi connectivity index (χ0v) is 20.7. The van der Waals surface area contributed by atoms with Gasteiger partial charge in [0.1, 0.15) is 0 Å². The van der Waals surface area contributed by atoms with Gasteiger partial charge in [0.15, 0.2) is 0 Å². The van der Waals surface area contributed by atoms with E-state index in [9.17, 15) is 0 Å². The number of ether oxygens (including phenoxy) is 1. The summed E-state index contributed by atoms with van der Waals surface area (Å²) >= 11 is 0. The van der Waals surface area contributed by atoms with Crippen LogP contribution in [0.4, 0.5) is 0 Å². The monoisotopic (exact) mass is 438 g/mol. The maximum atomic E-state index is 7.50. The van der Waals surface area contributed by atoms with Crippen molar-refractivity contribution < 1.29 is 9.16 Å². The third-order valence-electron chi connectivity index (χ3n) is 7.25. The molecule has 2 heterocycles. The Kier molecular flexibility index (Phi) is 6.43. The first-order valence-corrected chi connectivity index (χ1v) is 13.5. The van der Waals surface area contributed by atoms with E-state index in [2.05, 4.69) is 105 Å². The standard InChI is InChI=1S/C26H38N2O2Si/c1-21-18-27-16-17-28(21)26(5)20-29-19-24(26)30-31(25(2,3)4,22-12-8-6-9-13-22)23-14-10-7-11-15-23/h6-15,21,24,27H,16-20H2,1-5H3/t21-,24+,26-/m0/s1. The van der Waals surface area contributed by atoms with E-state index in [1.54, 1.807) is 0 Å². The van der Waals surface area contributed by atoms with Crippen LogP contribution in [0.5, 0.6) is 0 Å². The molecule has 4 rings (SSSR count). The van der Waals surface area contributed by atoms with Crippen LogP contribution in [0.15, 0.2) is 60.7 Å². The summed E-state index contributed by atoms with van der Waals surface area (Å²) in [6.45, 7) is 16.1. The van der Waals surface area contributed by atoms with E-state index in [1.165, 1.54) is 10.4 Å². The van der Waals surface area contributed by atoms with Crippen LogP contribution in [0, 0.1) is 0 Å². The summed E-state index contributed by atoms with van der Waals surface area (Å²) in [5.41, 5.74) is -0.130. The van der Waals surface area contributed by atoms with Gasteiger partial charge in [0.05, 0.1) is 24.9 Å². The van der Waals surface area contributed by atoms with Crippen LogP contribution in [0.2, 0.25) is 5.04 Å². The first-order chi connectivity index (χ1) is 14.8. The normalized spacial score (nSPS) is 28.0. The molecular weight excluding hydrogens is 400 g/mol. The van der Waals surface area contributed by atoms with E-state index in [4.69, 9.17) is 9.16 Å². The van der Waals surface area contributed by atoms with Gasteiger partial charge in [-0.3, -0.25) is 4.90 Å². The fourth-order valence-electron chi connectivity index (χ4n) is 5.58. The number of piperazine rings is 1. The van der Waals surface area contributed by atoms with Crippen molar-refractivity contribution in [3.63, 3.8) is 0 Å². The maximum absolute atomic E-state index is 7.50. The average molecular weight is 439 g/mol. The van der Waals surface area contributed by atoms with Crippen LogP contribution in [-0.2, 0) is 9.16 Å². The Morgan fingerprint density at radius 2 is 1.61 bits per heavy atom. The topological polar surface area (TPSA) is 33.7 Å². The molecule has 0 spiro atoms. The first kappa shape index (κ1) is 22.7. The van der Waals surface area contributed by atoms with Crippen molar-refractivity contribution in [2.75, 3.05) is 32.8 Å². The fraction of sp³-hybridized carbons (Fsp3) is 0.538. The SMILES string of the molecule is C[C@H]1CNCCN1[C@@]1(C)COC[C@H]1O[Si](c1ccccc1)(c1ccccc1)C(C)(C)C. The molecular formula is C26H38N2O2Si. The lowest BCUT2D eigenvalue weighted by Gasteiger charge is -2.51. The van der Waals surface area contributed by atoms with E-state index >= 15 is 0 Å². The van der Waals surface area contributed by atoms with Gasteiger partial charge < -0.3 is 14.5 Å². The Hall–Kier alpha value is -1.50. The van der Waals surface area contributed by atoms with Crippen molar-refractivity contribution >= 4 is 18.7 Å². The molecule has 168 valence electrons. The predicted octanol–water partition coefficient (Wildman–Crippen LogP) is 3.01. The molecule has 0 saturated carbocycles. The number of rotatable bonds is 5. The van der Waals surface area contributed by atoms with E-state index in [0.717, 1.165) is 26.2 Å². The molecule has 0 aliphatic carbocycles. The highest BCUT2D eigenvalue weighted by molar-refractivity contribution is 6.99. The minimum atomic E-state index is -2.61. The van der Waals surface area contributed by atoms with Gasteiger partial charge in [-0.2, -0.15) is 0 Å². The third-order valence-corrected chi connectivity index (χ3v) is 12.3. The van der Waals surface area contributed by atoms with Crippen molar-refractivity contribution in [2.24, 2.45) is 0 Å². The predicted molar refractivity (Wildman–Crippen MR) is 131 cm³/mol. The average Bonchev–Trinajstić information content (AvgIpc) is 3.13. The smallest absolute Gasteiger partial charge is 0.261 e. The van der Waals surface area contributed by atoms with Gasteiger partial charge in [-0.25, -0.2) is 0 Å². The van der Waals surface area contributed by atoms with E-state index in [0.29, 0.717) is 12.6 Å². The second kappa shape index (κ2) is 8.79. The molecule has 0 amide bonds. The Morgan fingerprint density at radius 3 is 2.13 bits per heavy atom. The van der Waals surface area contributed by atoms with Crippen molar-refractivity contribution in [1.82, 2.24) is 10.2 Å². The van der Waals surface area contributed by atoms with Gasteiger partial charge in [0, 0.05) is 25.7 Å². The third kappa shape index (κ3) is 4.03. The summed E-state index contributed by atoms with van der Waals surface area (Å²) in [5.74, 6) is 0. The second-order valence-electron chi connectivity index (χ2n) is 10.4. The van der Waals surface area contributed by atoms with Crippen molar-refractivity contribution in [1.29, 1.82) is 0 Å². The van der Waals surface area contributed by atoms with Crippen molar-refractivity contribution in [3.05, 3.63) is 60.7 Å². The van der Waals surface area contributed by atoms with E-state index in [-0.39, 0.29) is 16.7 Å². The Bertz CT molecular complexity index is 815. The van der Waals surface area contributed by atoms with Gasteiger partial charge in [0.25, 0.3) is 8.32 Å². The lowest BCUT2D eigenvalue weighted by molar-refractivity contribution is -0.0144. The molecule has 5 heteroatoms. The summed E-state index contributed by atoms with van der Waals surface area (Å²) in [5, 5.41) is 6.16. The highest BCUT2D eigenvalue weighted by Gasteiger charge is 2.56. The van der Waals surface area contributed by atoms with Gasteiger partial charge in [-0.15, -0.1) is 0 Å². The van der Waals surface area contributed by atoms with Crippen LogP contribution in [0.1, 0.15) is 34.6 Å². The molecule has 0 radical (unpaired) electrons. The van der Waals surface area contributed by atoms with Crippen LogP contribution >= 0.6 is 0 Å². The molecule has 2 aromatic rings. The second-order valence-corrected chi connectivity index (χ2v) is 14.6. The lowest BCUT2D eigenvalue weighted by Crippen LogP contribution is -2.71. The molecule has 3 atom stereocenters. The quantitative estimate of drug-likeness (QED) is 0.728. The lowest BCUT2D eigenvalue weighted by atomic mass is 9.93. The van der Waals surface area contributed by atoms with Crippen LogP contribution in [0.25, 0.3) is 0 Å². The van der Waals surface area contributed by atoms with Crippen molar-refractivity contribution in [3.8, 4) is 0 Å². The van der Waals surface area contributed by atoms with Gasteiger partial charge in [-0.1, -0.05) is 81.4 Å². The summed E-state index contributed by atoms with van der Waals surface area (Å²) in [6.07, 6.45) is 0.0272. The van der Waals surface area contributed by atoms with Gasteiger partial charge in [-0.05, 0) is 29.3 Å². The molecule has 1 N–H and O–H groups in total. The first-order valence-electron chi connectivity index (χ1n) is 11.6. The fourth-order valence-corrected chi connectivity index (χ4v) is 10.3. The molecule has 31 heavy (non-hydrogen) atoms. The molecule has 0 bridgehead atoms. The van der Waals surface area contributed by atoms with Crippen LogP contribution < -0.4 is 15.7 Å².